The van der Waals surface area contributed by atoms with Crippen molar-refractivity contribution in [1.29, 1.82) is 0 Å². The number of benzene rings is 1. The number of rotatable bonds is 3. The van der Waals surface area contributed by atoms with Crippen molar-refractivity contribution in [3.05, 3.63) is 34.3 Å². The van der Waals surface area contributed by atoms with Gasteiger partial charge < -0.3 is 11.5 Å². The summed E-state index contributed by atoms with van der Waals surface area (Å²) in [6.45, 7) is 0. The van der Waals surface area contributed by atoms with Crippen LogP contribution in [-0.4, -0.2) is 11.8 Å². The molecule has 74 valence electrons. The molecule has 0 spiro atoms. The number of hydrogen-bond donors (Lipinski definition) is 2. The third-order valence-corrected chi connectivity index (χ3v) is 2.24. The van der Waals surface area contributed by atoms with Gasteiger partial charge in [-0.2, -0.15) is 0 Å². The van der Waals surface area contributed by atoms with E-state index in [4.69, 9.17) is 11.5 Å². The number of primary amides is 2. The third kappa shape index (κ3) is 2.32. The molecule has 0 aromatic heterocycles. The minimum absolute atomic E-state index is 0.499. The molecule has 0 saturated carbocycles. The van der Waals surface area contributed by atoms with Crippen LogP contribution in [-0.2, 0) is 9.59 Å². The molecule has 0 saturated heterocycles. The van der Waals surface area contributed by atoms with Crippen LogP contribution in [0.3, 0.4) is 0 Å². The summed E-state index contributed by atoms with van der Waals surface area (Å²) in [5, 5.41) is 0. The van der Waals surface area contributed by atoms with E-state index in [9.17, 15) is 9.59 Å². The number of carbonyl (C=O) groups is 2. The fraction of sp³-hybridized carbons (Fsp3) is 0.111. The van der Waals surface area contributed by atoms with E-state index in [1.54, 1.807) is 24.3 Å². The Labute approximate surface area is 89.4 Å². The lowest BCUT2D eigenvalue weighted by Crippen LogP contribution is -2.32. The van der Waals surface area contributed by atoms with Crippen LogP contribution < -0.4 is 11.5 Å². The maximum atomic E-state index is 11.0. The predicted octanol–water partition coefficient (Wildman–Crippen LogP) is 0.503. The van der Waals surface area contributed by atoms with E-state index >= 15 is 0 Å². The molecule has 4 N–H and O–H groups in total. The molecule has 0 aliphatic rings. The highest BCUT2D eigenvalue weighted by Gasteiger charge is 2.23. The van der Waals surface area contributed by atoms with Crippen LogP contribution in [0.25, 0.3) is 0 Å². The summed E-state index contributed by atoms with van der Waals surface area (Å²) in [6, 6.07) is 6.76. The minimum Gasteiger partial charge on any atom is -0.369 e. The number of nitrogens with two attached hydrogens (primary N) is 2. The fourth-order valence-corrected chi connectivity index (χ4v) is 1.57. The van der Waals surface area contributed by atoms with Crippen molar-refractivity contribution in [2.75, 3.05) is 0 Å². The molecule has 0 heterocycles. The summed E-state index contributed by atoms with van der Waals surface area (Å²) in [5.74, 6) is -2.54. The van der Waals surface area contributed by atoms with Crippen LogP contribution in [0, 0.1) is 0 Å². The van der Waals surface area contributed by atoms with E-state index in [0.717, 1.165) is 4.47 Å². The van der Waals surface area contributed by atoms with Crippen LogP contribution >= 0.6 is 15.9 Å². The zero-order chi connectivity index (χ0) is 10.7. The van der Waals surface area contributed by atoms with Crippen molar-refractivity contribution in [3.8, 4) is 0 Å². The quantitative estimate of drug-likeness (QED) is 0.772. The Hall–Kier alpha value is -1.36. The van der Waals surface area contributed by atoms with Crippen LogP contribution in [0.4, 0.5) is 0 Å². The first-order chi connectivity index (χ1) is 6.52. The summed E-state index contributed by atoms with van der Waals surface area (Å²) >= 11 is 3.22. The van der Waals surface area contributed by atoms with Gasteiger partial charge in [0.05, 0.1) is 0 Å². The molecule has 1 aromatic rings. The van der Waals surface area contributed by atoms with Crippen molar-refractivity contribution in [2.24, 2.45) is 11.5 Å². The monoisotopic (exact) mass is 256 g/mol. The molecule has 1 rings (SSSR count). The van der Waals surface area contributed by atoms with Crippen LogP contribution in [0.15, 0.2) is 28.7 Å². The second-order valence-electron chi connectivity index (χ2n) is 2.79. The van der Waals surface area contributed by atoms with Crippen molar-refractivity contribution >= 4 is 27.7 Å². The van der Waals surface area contributed by atoms with E-state index in [0.29, 0.717) is 5.56 Å². The van der Waals surface area contributed by atoms with Crippen molar-refractivity contribution < 1.29 is 9.59 Å². The van der Waals surface area contributed by atoms with E-state index in [1.165, 1.54) is 0 Å². The lowest BCUT2D eigenvalue weighted by atomic mass is 9.98. The normalized spacial score (nSPS) is 10.1. The summed E-state index contributed by atoms with van der Waals surface area (Å²) in [6.07, 6.45) is 0. The standard InChI is InChI=1S/C9H9BrN2O2/c10-6-3-1-2-5(4-6)7(8(11)13)9(12)14/h1-4,7H,(H2,11,13)(H2,12,14). The molecular formula is C9H9BrN2O2. The first kappa shape index (κ1) is 10.7. The van der Waals surface area contributed by atoms with Gasteiger partial charge in [0.1, 0.15) is 5.92 Å². The van der Waals surface area contributed by atoms with Gasteiger partial charge in [-0.15, -0.1) is 0 Å². The maximum absolute atomic E-state index is 11.0. The van der Waals surface area contributed by atoms with E-state index < -0.39 is 17.7 Å². The van der Waals surface area contributed by atoms with Gasteiger partial charge in [0.25, 0.3) is 0 Å². The van der Waals surface area contributed by atoms with Gasteiger partial charge in [-0.1, -0.05) is 28.1 Å². The van der Waals surface area contributed by atoms with Gasteiger partial charge in [0, 0.05) is 4.47 Å². The van der Waals surface area contributed by atoms with E-state index in [-0.39, 0.29) is 0 Å². The van der Waals surface area contributed by atoms with Crippen molar-refractivity contribution in [2.45, 2.75) is 5.92 Å². The molecule has 1 aromatic carbocycles. The van der Waals surface area contributed by atoms with Crippen molar-refractivity contribution in [1.82, 2.24) is 0 Å². The largest absolute Gasteiger partial charge is 0.369 e. The highest BCUT2D eigenvalue weighted by Crippen LogP contribution is 2.19. The molecule has 0 atom stereocenters. The second kappa shape index (κ2) is 4.23. The van der Waals surface area contributed by atoms with Gasteiger partial charge in [-0.25, -0.2) is 0 Å². The first-order valence-corrected chi connectivity index (χ1v) is 4.65. The molecule has 0 bridgehead atoms. The summed E-state index contributed by atoms with van der Waals surface area (Å²) in [4.78, 5) is 21.9. The third-order valence-electron chi connectivity index (χ3n) is 1.75. The number of carbonyl (C=O) groups excluding carboxylic acids is 2. The molecule has 14 heavy (non-hydrogen) atoms. The zero-order valence-electron chi connectivity index (χ0n) is 7.24. The average molecular weight is 257 g/mol. The Bertz CT molecular complexity index is 365. The topological polar surface area (TPSA) is 86.2 Å². The van der Waals surface area contributed by atoms with Crippen LogP contribution in [0.5, 0.6) is 0 Å². The number of amides is 2. The predicted molar refractivity (Wildman–Crippen MR) is 55.3 cm³/mol. The molecule has 0 aliphatic carbocycles. The Morgan fingerprint density at radius 2 is 1.79 bits per heavy atom. The highest BCUT2D eigenvalue weighted by molar-refractivity contribution is 9.10. The SMILES string of the molecule is NC(=O)C(C(N)=O)c1cccc(Br)c1. The Balaban J connectivity index is 3.12. The lowest BCUT2D eigenvalue weighted by molar-refractivity contribution is -0.128. The molecule has 0 aliphatic heterocycles. The zero-order valence-corrected chi connectivity index (χ0v) is 8.82. The minimum atomic E-state index is -1.06. The van der Waals surface area contributed by atoms with Crippen LogP contribution in [0.2, 0.25) is 0 Å². The lowest BCUT2D eigenvalue weighted by Gasteiger charge is -2.09. The maximum Gasteiger partial charge on any atom is 0.234 e. The molecule has 0 unspecified atom stereocenters. The van der Waals surface area contributed by atoms with Gasteiger partial charge in [0.15, 0.2) is 0 Å². The fourth-order valence-electron chi connectivity index (χ4n) is 1.15. The summed E-state index contributed by atoms with van der Waals surface area (Å²) in [5.41, 5.74) is 10.6. The number of hydrogen-bond acceptors (Lipinski definition) is 2. The van der Waals surface area contributed by atoms with Gasteiger partial charge in [-0.05, 0) is 17.7 Å². The second-order valence-corrected chi connectivity index (χ2v) is 3.71. The molecule has 5 heteroatoms. The molecule has 4 nitrogen and oxygen atoms in total. The van der Waals surface area contributed by atoms with E-state index in [1.807, 2.05) is 0 Å². The smallest absolute Gasteiger partial charge is 0.234 e. The molecule has 2 amide bonds. The number of halogens is 1. The van der Waals surface area contributed by atoms with E-state index in [2.05, 4.69) is 15.9 Å². The van der Waals surface area contributed by atoms with Gasteiger partial charge in [-0.3, -0.25) is 9.59 Å². The first-order valence-electron chi connectivity index (χ1n) is 3.86. The molecule has 0 fully saturated rings. The van der Waals surface area contributed by atoms with Gasteiger partial charge in [0.2, 0.25) is 11.8 Å². The van der Waals surface area contributed by atoms with Crippen LogP contribution in [0.1, 0.15) is 11.5 Å². The summed E-state index contributed by atoms with van der Waals surface area (Å²) in [7, 11) is 0. The van der Waals surface area contributed by atoms with Crippen molar-refractivity contribution in [3.63, 3.8) is 0 Å². The molecular weight excluding hydrogens is 248 g/mol. The average Bonchev–Trinajstić information content (AvgIpc) is 2.02. The highest BCUT2D eigenvalue weighted by atomic mass is 79.9. The summed E-state index contributed by atoms with van der Waals surface area (Å²) < 4.78 is 0.766. The van der Waals surface area contributed by atoms with Gasteiger partial charge >= 0.3 is 0 Å². The molecule has 0 radical (unpaired) electrons. The Morgan fingerprint density at radius 3 is 2.21 bits per heavy atom. The Morgan fingerprint density at radius 1 is 1.21 bits per heavy atom. The Kier molecular flexibility index (Phi) is 3.24.